The number of rotatable bonds is 7. The summed E-state index contributed by atoms with van der Waals surface area (Å²) >= 11 is 0. The van der Waals surface area contributed by atoms with Crippen LogP contribution in [0, 0.1) is 5.92 Å². The van der Waals surface area contributed by atoms with Crippen molar-refractivity contribution in [3.63, 3.8) is 0 Å². The Morgan fingerprint density at radius 2 is 2.00 bits per heavy atom. The summed E-state index contributed by atoms with van der Waals surface area (Å²) in [4.78, 5) is 50.8. The van der Waals surface area contributed by atoms with E-state index < -0.39 is 18.1 Å². The number of carbonyl (C=O) groups excluding carboxylic acids is 3. The van der Waals surface area contributed by atoms with Gasteiger partial charge in [-0.15, -0.1) is 0 Å². The van der Waals surface area contributed by atoms with Crippen molar-refractivity contribution >= 4 is 23.5 Å². The van der Waals surface area contributed by atoms with E-state index in [2.05, 4.69) is 20.6 Å². The maximum atomic E-state index is 13.6. The molecule has 210 valence electrons. The third-order valence-corrected chi connectivity index (χ3v) is 7.47. The second-order valence-electron chi connectivity index (χ2n) is 10.5. The van der Waals surface area contributed by atoms with Crippen LogP contribution < -0.4 is 15.4 Å². The summed E-state index contributed by atoms with van der Waals surface area (Å²) in [5.74, 6) is -0.781. The largest absolute Gasteiger partial charge is 0.485 e. The van der Waals surface area contributed by atoms with E-state index in [-0.39, 0.29) is 54.1 Å². The number of amides is 4. The van der Waals surface area contributed by atoms with E-state index in [0.717, 1.165) is 25.7 Å². The molecule has 1 fully saturated rings. The summed E-state index contributed by atoms with van der Waals surface area (Å²) in [5.41, 5.74) is 0.687. The fraction of sp³-hybridized carbons (Fsp3) is 0.536. The highest BCUT2D eigenvalue weighted by atomic mass is 16.5. The molecule has 2 heterocycles. The molecule has 1 aromatic heterocycles. The zero-order chi connectivity index (χ0) is 27.9. The number of anilines is 1. The van der Waals surface area contributed by atoms with Crippen molar-refractivity contribution < 1.29 is 24.2 Å². The number of aliphatic hydroxyl groups is 1. The monoisotopic (exact) mass is 538 g/mol. The molecule has 0 spiro atoms. The van der Waals surface area contributed by atoms with Gasteiger partial charge in [-0.25, -0.2) is 9.78 Å². The van der Waals surface area contributed by atoms with Gasteiger partial charge in [0.1, 0.15) is 11.8 Å². The van der Waals surface area contributed by atoms with Crippen LogP contribution in [-0.4, -0.2) is 87.7 Å². The maximum Gasteiger partial charge on any atom is 0.317 e. The van der Waals surface area contributed by atoms with Crippen molar-refractivity contribution in [3.05, 3.63) is 48.0 Å². The van der Waals surface area contributed by atoms with Gasteiger partial charge in [-0.1, -0.05) is 32.3 Å². The summed E-state index contributed by atoms with van der Waals surface area (Å²) in [5, 5.41) is 15.8. The first kappa shape index (κ1) is 28.3. The molecule has 3 N–H and O–H groups in total. The Kier molecular flexibility index (Phi) is 9.34. The topological polar surface area (TPSA) is 137 Å². The molecule has 1 saturated carbocycles. The third-order valence-electron chi connectivity index (χ3n) is 7.47. The van der Waals surface area contributed by atoms with E-state index in [1.165, 1.54) is 25.0 Å². The molecule has 2 aliphatic rings. The SMILES string of the molecule is C[C@@H]1CN([C@@H](C)CO)C(=O)c2cccc(NC(=O)c3cnccn3)c2O[C@H]1CN(C)C(=O)NC1CCCCC1. The quantitative estimate of drug-likeness (QED) is 0.493. The van der Waals surface area contributed by atoms with Crippen molar-refractivity contribution in [2.45, 2.75) is 64.1 Å². The van der Waals surface area contributed by atoms with Gasteiger partial charge in [0, 0.05) is 37.9 Å². The number of fused-ring (bicyclic) bond motifs is 1. The van der Waals surface area contributed by atoms with Crippen molar-refractivity contribution in [3.8, 4) is 5.75 Å². The molecule has 0 radical (unpaired) electrons. The van der Waals surface area contributed by atoms with Crippen LogP contribution in [0.3, 0.4) is 0 Å². The molecular formula is C28H38N6O5. The summed E-state index contributed by atoms with van der Waals surface area (Å²) < 4.78 is 6.48. The first-order valence-electron chi connectivity index (χ1n) is 13.6. The van der Waals surface area contributed by atoms with Gasteiger partial charge in [-0.2, -0.15) is 0 Å². The Hall–Kier alpha value is -3.73. The fourth-order valence-electron chi connectivity index (χ4n) is 5.05. The first-order valence-corrected chi connectivity index (χ1v) is 13.6. The van der Waals surface area contributed by atoms with E-state index in [1.54, 1.807) is 42.0 Å². The second-order valence-corrected chi connectivity index (χ2v) is 10.5. The van der Waals surface area contributed by atoms with Gasteiger partial charge >= 0.3 is 6.03 Å². The standard InChI is InChI=1S/C28H38N6O5/c1-18-15-34(19(2)17-35)27(37)21-10-7-11-22(32-26(36)23-14-29-12-13-30-23)25(21)39-24(18)16-33(3)28(38)31-20-8-5-4-6-9-20/h7,10-14,18-20,24,35H,4-6,8-9,15-17H2,1-3H3,(H,31,38)(H,32,36)/t18-,19+,24+/m1/s1. The minimum atomic E-state index is -0.498. The lowest BCUT2D eigenvalue weighted by atomic mass is 9.96. The fourth-order valence-corrected chi connectivity index (χ4v) is 5.05. The molecule has 0 unspecified atom stereocenters. The number of likely N-dealkylation sites (N-methyl/N-ethyl adjacent to an activating group) is 1. The van der Waals surface area contributed by atoms with Crippen LogP contribution in [0.1, 0.15) is 66.8 Å². The van der Waals surface area contributed by atoms with E-state index >= 15 is 0 Å². The van der Waals surface area contributed by atoms with Crippen molar-refractivity contribution in [1.82, 2.24) is 25.1 Å². The van der Waals surface area contributed by atoms with Gasteiger partial charge < -0.3 is 30.3 Å². The second kappa shape index (κ2) is 12.9. The molecule has 0 saturated heterocycles. The van der Waals surface area contributed by atoms with Crippen LogP contribution in [-0.2, 0) is 0 Å². The maximum absolute atomic E-state index is 13.6. The number of benzene rings is 1. The van der Waals surface area contributed by atoms with Crippen molar-refractivity contribution in [2.75, 3.05) is 32.1 Å². The zero-order valence-electron chi connectivity index (χ0n) is 22.8. The molecule has 1 aliphatic heterocycles. The average molecular weight is 539 g/mol. The molecule has 39 heavy (non-hydrogen) atoms. The number of para-hydroxylation sites is 1. The van der Waals surface area contributed by atoms with E-state index in [0.29, 0.717) is 12.2 Å². The van der Waals surface area contributed by atoms with Crippen LogP contribution >= 0.6 is 0 Å². The molecule has 11 nitrogen and oxygen atoms in total. The molecular weight excluding hydrogens is 500 g/mol. The molecule has 1 aromatic carbocycles. The van der Waals surface area contributed by atoms with Crippen LogP contribution in [0.2, 0.25) is 0 Å². The number of aliphatic hydroxyl groups excluding tert-OH is 1. The van der Waals surface area contributed by atoms with Gasteiger partial charge in [0.15, 0.2) is 5.75 Å². The summed E-state index contributed by atoms with van der Waals surface area (Å²) in [6.07, 6.45) is 9.14. The van der Waals surface area contributed by atoms with E-state index in [1.807, 2.05) is 6.92 Å². The molecule has 4 amide bonds. The van der Waals surface area contributed by atoms with E-state index in [9.17, 15) is 19.5 Å². The van der Waals surface area contributed by atoms with Crippen LogP contribution in [0.5, 0.6) is 5.75 Å². The Bertz CT molecular complexity index is 1160. The number of ether oxygens (including phenoxy) is 1. The Morgan fingerprint density at radius 3 is 2.69 bits per heavy atom. The van der Waals surface area contributed by atoms with Gasteiger partial charge in [-0.05, 0) is 31.9 Å². The van der Waals surface area contributed by atoms with Gasteiger partial charge in [0.25, 0.3) is 11.8 Å². The summed E-state index contributed by atoms with van der Waals surface area (Å²) in [6, 6.07) is 4.53. The average Bonchev–Trinajstić information content (AvgIpc) is 2.95. The predicted molar refractivity (Wildman–Crippen MR) is 146 cm³/mol. The Balaban J connectivity index is 1.62. The highest BCUT2D eigenvalue weighted by Gasteiger charge is 2.35. The lowest BCUT2D eigenvalue weighted by Gasteiger charge is -2.38. The zero-order valence-corrected chi connectivity index (χ0v) is 22.8. The number of nitrogens with one attached hydrogen (secondary N) is 2. The number of aromatic nitrogens is 2. The molecule has 11 heteroatoms. The minimum Gasteiger partial charge on any atom is -0.485 e. The van der Waals surface area contributed by atoms with Crippen LogP contribution in [0.15, 0.2) is 36.8 Å². The summed E-state index contributed by atoms with van der Waals surface area (Å²) in [7, 11) is 1.73. The lowest BCUT2D eigenvalue weighted by Crippen LogP contribution is -2.52. The Morgan fingerprint density at radius 1 is 1.23 bits per heavy atom. The smallest absolute Gasteiger partial charge is 0.317 e. The molecule has 2 aromatic rings. The van der Waals surface area contributed by atoms with Gasteiger partial charge in [0.05, 0.1) is 36.6 Å². The van der Waals surface area contributed by atoms with Gasteiger partial charge in [0.2, 0.25) is 0 Å². The molecule has 0 bridgehead atoms. The normalized spacial score (nSPS) is 20.6. The van der Waals surface area contributed by atoms with Gasteiger partial charge in [-0.3, -0.25) is 14.6 Å². The number of nitrogens with zero attached hydrogens (tertiary/aromatic N) is 4. The third kappa shape index (κ3) is 6.83. The number of hydrogen-bond acceptors (Lipinski definition) is 7. The highest BCUT2D eigenvalue weighted by molar-refractivity contribution is 6.06. The van der Waals surface area contributed by atoms with Crippen molar-refractivity contribution in [2.24, 2.45) is 5.92 Å². The highest BCUT2D eigenvalue weighted by Crippen LogP contribution is 2.35. The number of hydrogen-bond donors (Lipinski definition) is 3. The molecule has 4 rings (SSSR count). The molecule has 1 aliphatic carbocycles. The predicted octanol–water partition coefficient (Wildman–Crippen LogP) is 2.92. The van der Waals surface area contributed by atoms with Crippen LogP contribution in [0.25, 0.3) is 0 Å². The number of carbonyl (C=O) groups is 3. The summed E-state index contributed by atoms with van der Waals surface area (Å²) in [6.45, 7) is 4.13. The molecule has 3 atom stereocenters. The minimum absolute atomic E-state index is 0.117. The van der Waals surface area contributed by atoms with Crippen molar-refractivity contribution in [1.29, 1.82) is 0 Å². The lowest BCUT2D eigenvalue weighted by molar-refractivity contribution is 0.0367. The first-order chi connectivity index (χ1) is 18.8. The van der Waals surface area contributed by atoms with E-state index in [4.69, 9.17) is 4.74 Å². The Labute approximate surface area is 228 Å². The number of urea groups is 1. The van der Waals surface area contributed by atoms with Crippen LogP contribution in [0.4, 0.5) is 10.5 Å².